The molecule has 4 heterocycles. The van der Waals surface area contributed by atoms with Gasteiger partial charge in [-0.05, 0) is 71.7 Å². The summed E-state index contributed by atoms with van der Waals surface area (Å²) in [6.07, 6.45) is -7.79. The molecule has 5 aromatic rings. The number of aromatic hydroxyl groups is 1. The Morgan fingerprint density at radius 3 is 2.19 bits per heavy atom. The van der Waals surface area contributed by atoms with Crippen molar-refractivity contribution in [1.29, 1.82) is 0 Å². The molecule has 9 rings (SSSR count). The lowest BCUT2D eigenvalue weighted by Crippen LogP contribution is -2.53. The van der Waals surface area contributed by atoms with E-state index in [-0.39, 0.29) is 28.6 Å². The van der Waals surface area contributed by atoms with E-state index in [0.29, 0.717) is 55.8 Å². The van der Waals surface area contributed by atoms with Crippen LogP contribution in [0.1, 0.15) is 41.1 Å². The summed E-state index contributed by atoms with van der Waals surface area (Å²) < 4.78 is 82.1. The minimum absolute atomic E-state index is 0.0712. The van der Waals surface area contributed by atoms with Crippen LogP contribution in [-0.2, 0) is 36.9 Å². The standard InChI is InChI=1S/C43H29Cl3F6N6O5/c1-56(36-29(45)13-15-32(54-36)43(50,51)52)58-37(60)26-11-10-25-27(33(26)39(58)62)17-28-38(61)57(55-35-30(46)16-20(18-53-35)42(47,48)49)40(63)41(28,19-6-8-21(44)9-7-19)34(25)24-12-14-31(59)23-5-3-2-4-22(23)24/h2-10,12-16,18,26-28,33-34,59H,11,17H2,1H3,(H,53,55). The van der Waals surface area contributed by atoms with Crippen LogP contribution in [0.25, 0.3) is 10.8 Å². The van der Waals surface area contributed by atoms with E-state index in [9.17, 15) is 41.0 Å². The van der Waals surface area contributed by atoms with Crippen molar-refractivity contribution in [2.45, 2.75) is 36.5 Å². The molecule has 4 aliphatic rings. The van der Waals surface area contributed by atoms with Crippen molar-refractivity contribution in [1.82, 2.24) is 20.0 Å². The molecule has 324 valence electrons. The number of carbonyl (C=O) groups is 4. The number of aromatic nitrogens is 2. The van der Waals surface area contributed by atoms with Gasteiger partial charge in [0, 0.05) is 29.6 Å². The zero-order chi connectivity index (χ0) is 45.1. The van der Waals surface area contributed by atoms with Crippen molar-refractivity contribution in [2.75, 3.05) is 17.5 Å². The fourth-order valence-electron chi connectivity index (χ4n) is 9.88. The topological polar surface area (TPSA) is 136 Å². The van der Waals surface area contributed by atoms with Gasteiger partial charge < -0.3 is 5.11 Å². The minimum atomic E-state index is -4.89. The maximum absolute atomic E-state index is 15.6. The summed E-state index contributed by atoms with van der Waals surface area (Å²) in [4.78, 5) is 67.2. The Morgan fingerprint density at radius 2 is 1.52 bits per heavy atom. The van der Waals surface area contributed by atoms with Crippen molar-refractivity contribution < 1.29 is 50.6 Å². The van der Waals surface area contributed by atoms with Crippen molar-refractivity contribution in [3.63, 3.8) is 0 Å². The van der Waals surface area contributed by atoms with Crippen LogP contribution in [0.4, 0.5) is 38.0 Å². The smallest absolute Gasteiger partial charge is 0.433 e. The summed E-state index contributed by atoms with van der Waals surface area (Å²) in [5, 5.41) is 13.5. The van der Waals surface area contributed by atoms with E-state index in [1.807, 2.05) is 0 Å². The summed E-state index contributed by atoms with van der Waals surface area (Å²) in [5.41, 5.74) is -0.598. The molecule has 3 aromatic carbocycles. The first-order valence-corrected chi connectivity index (χ1v) is 20.3. The molecule has 3 fully saturated rings. The summed E-state index contributed by atoms with van der Waals surface area (Å²) in [5.74, 6) is -10.1. The molecule has 0 spiro atoms. The van der Waals surface area contributed by atoms with Gasteiger partial charge in [0.25, 0.3) is 23.6 Å². The van der Waals surface area contributed by atoms with Gasteiger partial charge in [-0.2, -0.15) is 36.4 Å². The van der Waals surface area contributed by atoms with Gasteiger partial charge in [-0.3, -0.25) is 29.6 Å². The van der Waals surface area contributed by atoms with Gasteiger partial charge in [0.1, 0.15) is 11.4 Å². The number of phenolic OH excluding ortho intramolecular Hbond substituents is 1. The third kappa shape index (κ3) is 6.48. The number of imide groups is 2. The number of carbonyl (C=O) groups excluding carboxylic acids is 4. The molecule has 6 atom stereocenters. The number of allylic oxidation sites excluding steroid dienone is 2. The molecule has 0 bridgehead atoms. The van der Waals surface area contributed by atoms with Gasteiger partial charge >= 0.3 is 12.4 Å². The fraction of sp³-hybridized carbons (Fsp3) is 0.256. The maximum atomic E-state index is 15.6. The summed E-state index contributed by atoms with van der Waals surface area (Å²) in [6.45, 7) is 0. The van der Waals surface area contributed by atoms with E-state index < -0.39 is 98.9 Å². The van der Waals surface area contributed by atoms with Crippen LogP contribution in [0.15, 0.2) is 96.7 Å². The SMILES string of the molecule is CN(c1nc(C(F)(F)F)ccc1Cl)N1C(=O)C2CC=C3C(CC4C(=O)N(Nc5ncc(C(F)(F)F)cc5Cl)C(=O)C4(c4ccc(Cl)cc4)C3c3ccc(O)c4ccccc34)C2C1=O. The van der Waals surface area contributed by atoms with E-state index in [0.717, 1.165) is 11.1 Å². The number of hydrogen-bond donors (Lipinski definition) is 2. The first kappa shape index (κ1) is 42.4. The van der Waals surface area contributed by atoms with Crippen molar-refractivity contribution >= 4 is 80.8 Å². The molecular formula is C43H29Cl3F6N6O5. The van der Waals surface area contributed by atoms with Crippen molar-refractivity contribution in [2.24, 2.45) is 23.7 Å². The third-order valence-corrected chi connectivity index (χ3v) is 13.3. The molecule has 6 unspecified atom stereocenters. The highest BCUT2D eigenvalue weighted by Crippen LogP contribution is 2.65. The molecule has 2 aliphatic heterocycles. The number of rotatable bonds is 6. The number of phenols is 1. The Kier molecular flexibility index (Phi) is 9.99. The van der Waals surface area contributed by atoms with Crippen LogP contribution >= 0.6 is 34.8 Å². The van der Waals surface area contributed by atoms with Crippen LogP contribution in [0.3, 0.4) is 0 Å². The van der Waals surface area contributed by atoms with E-state index in [4.69, 9.17) is 34.8 Å². The monoisotopic (exact) mass is 928 g/mol. The lowest BCUT2D eigenvalue weighted by atomic mass is 9.49. The van der Waals surface area contributed by atoms with Crippen molar-refractivity contribution in [3.05, 3.63) is 134 Å². The Morgan fingerprint density at radius 1 is 0.825 bits per heavy atom. The van der Waals surface area contributed by atoms with Gasteiger partial charge in [0.15, 0.2) is 11.6 Å². The predicted octanol–water partition coefficient (Wildman–Crippen LogP) is 9.37. The van der Waals surface area contributed by atoms with Crippen LogP contribution in [-0.4, -0.2) is 55.8 Å². The molecule has 2 saturated heterocycles. The second-order valence-electron chi connectivity index (χ2n) is 15.6. The number of pyridine rings is 2. The molecule has 63 heavy (non-hydrogen) atoms. The Bertz CT molecular complexity index is 2830. The molecule has 2 aliphatic carbocycles. The second-order valence-corrected chi connectivity index (χ2v) is 16.9. The normalized spacial score (nSPS) is 24.7. The molecule has 4 amide bonds. The van der Waals surface area contributed by atoms with E-state index >= 15 is 9.59 Å². The number of hydrazine groups is 2. The lowest BCUT2D eigenvalue weighted by Gasteiger charge is -2.51. The van der Waals surface area contributed by atoms with Crippen LogP contribution in [0.5, 0.6) is 5.75 Å². The summed E-state index contributed by atoms with van der Waals surface area (Å²) in [7, 11) is 1.18. The largest absolute Gasteiger partial charge is 0.507 e. The summed E-state index contributed by atoms with van der Waals surface area (Å²) in [6, 6.07) is 18.2. The number of halogens is 9. The molecule has 0 radical (unpaired) electrons. The number of alkyl halides is 6. The van der Waals surface area contributed by atoms with E-state index in [2.05, 4.69) is 15.4 Å². The highest BCUT2D eigenvalue weighted by atomic mass is 35.5. The van der Waals surface area contributed by atoms with Crippen molar-refractivity contribution in [3.8, 4) is 5.75 Å². The van der Waals surface area contributed by atoms with Gasteiger partial charge in [-0.15, -0.1) is 0 Å². The number of amides is 4. The number of benzene rings is 3. The average Bonchev–Trinajstić information content (AvgIpc) is 3.61. The first-order valence-electron chi connectivity index (χ1n) is 19.1. The Hall–Kier alpha value is -5.91. The number of anilines is 2. The average molecular weight is 930 g/mol. The molecule has 20 heteroatoms. The highest BCUT2D eigenvalue weighted by molar-refractivity contribution is 6.33. The molecular weight excluding hydrogens is 901 g/mol. The van der Waals surface area contributed by atoms with Crippen LogP contribution < -0.4 is 10.4 Å². The van der Waals surface area contributed by atoms with Gasteiger partial charge in [0.2, 0.25) is 0 Å². The number of nitrogens with zero attached hydrogens (tertiary/aromatic N) is 5. The van der Waals surface area contributed by atoms with E-state index in [1.165, 1.54) is 25.2 Å². The second kappa shape index (κ2) is 14.8. The minimum Gasteiger partial charge on any atom is -0.507 e. The first-order chi connectivity index (χ1) is 29.7. The zero-order valence-electron chi connectivity index (χ0n) is 32.2. The maximum Gasteiger partial charge on any atom is 0.433 e. The van der Waals surface area contributed by atoms with Gasteiger partial charge in [0.05, 0.1) is 38.8 Å². The Balaban J connectivity index is 1.23. The predicted molar refractivity (Wildman–Crippen MR) is 217 cm³/mol. The lowest BCUT2D eigenvalue weighted by molar-refractivity contribution is -0.142. The van der Waals surface area contributed by atoms with Gasteiger partial charge in [-0.1, -0.05) is 88.9 Å². The zero-order valence-corrected chi connectivity index (χ0v) is 34.4. The third-order valence-electron chi connectivity index (χ3n) is 12.5. The van der Waals surface area contributed by atoms with Gasteiger partial charge in [-0.25, -0.2) is 9.97 Å². The molecule has 2 N–H and O–H groups in total. The van der Waals surface area contributed by atoms with Crippen LogP contribution in [0.2, 0.25) is 15.1 Å². The molecule has 11 nitrogen and oxygen atoms in total. The number of nitrogens with one attached hydrogen (secondary N) is 1. The molecule has 2 aromatic heterocycles. The fourth-order valence-corrected chi connectivity index (χ4v) is 10.4. The number of hydrogen-bond acceptors (Lipinski definition) is 9. The molecule has 1 saturated carbocycles. The quantitative estimate of drug-likeness (QED) is 0.0970. The summed E-state index contributed by atoms with van der Waals surface area (Å²) >= 11 is 19.0. The Labute approximate surface area is 367 Å². The number of fused-ring (bicyclic) bond motifs is 5. The van der Waals surface area contributed by atoms with E-state index in [1.54, 1.807) is 48.5 Å². The van der Waals surface area contributed by atoms with Crippen LogP contribution in [0, 0.1) is 23.7 Å². The highest BCUT2D eigenvalue weighted by Gasteiger charge is 2.71.